The Labute approximate surface area is 159 Å². The molecule has 2 saturated heterocycles. The van der Waals surface area contributed by atoms with Crippen molar-refractivity contribution in [1.29, 1.82) is 0 Å². The number of sulfone groups is 1. The SMILES string of the molecule is CCCCc1ccc(N2C(=NC(=O)C3CC3)SC3CS(=O)(=O)CC32)cc1. The summed E-state index contributed by atoms with van der Waals surface area (Å²) in [5.41, 5.74) is 2.22. The Morgan fingerprint density at radius 3 is 2.62 bits per heavy atom. The lowest BCUT2D eigenvalue weighted by Crippen LogP contribution is -2.37. The number of nitrogens with zero attached hydrogens (tertiary/aromatic N) is 2. The third-order valence-corrected chi connectivity index (χ3v) is 8.44. The van der Waals surface area contributed by atoms with Crippen LogP contribution in [0.5, 0.6) is 0 Å². The molecule has 1 aliphatic carbocycles. The van der Waals surface area contributed by atoms with E-state index in [4.69, 9.17) is 0 Å². The molecule has 3 aliphatic rings. The fourth-order valence-corrected chi connectivity index (χ4v) is 7.51. The van der Waals surface area contributed by atoms with Crippen molar-refractivity contribution < 1.29 is 13.2 Å². The van der Waals surface area contributed by atoms with Crippen LogP contribution in [0.2, 0.25) is 0 Å². The van der Waals surface area contributed by atoms with Crippen LogP contribution in [0.3, 0.4) is 0 Å². The third kappa shape index (κ3) is 3.69. The third-order valence-electron chi connectivity index (χ3n) is 5.23. The van der Waals surface area contributed by atoms with Gasteiger partial charge in [0, 0.05) is 16.9 Å². The topological polar surface area (TPSA) is 66.8 Å². The molecule has 1 amide bonds. The van der Waals surface area contributed by atoms with Gasteiger partial charge in [-0.3, -0.25) is 4.79 Å². The molecule has 0 radical (unpaired) electrons. The zero-order chi connectivity index (χ0) is 18.3. The molecule has 2 heterocycles. The fraction of sp³-hybridized carbons (Fsp3) is 0.579. The van der Waals surface area contributed by atoms with Gasteiger partial charge < -0.3 is 4.90 Å². The maximum absolute atomic E-state index is 12.2. The van der Waals surface area contributed by atoms with Crippen molar-refractivity contribution in [3.8, 4) is 0 Å². The number of thioether (sulfide) groups is 1. The lowest BCUT2D eigenvalue weighted by atomic mass is 10.1. The zero-order valence-corrected chi connectivity index (χ0v) is 16.6. The zero-order valence-electron chi connectivity index (χ0n) is 14.9. The van der Waals surface area contributed by atoms with Crippen LogP contribution in [0, 0.1) is 5.92 Å². The van der Waals surface area contributed by atoms with E-state index in [9.17, 15) is 13.2 Å². The molecule has 0 N–H and O–H groups in total. The number of benzene rings is 1. The largest absolute Gasteiger partial charge is 0.316 e. The van der Waals surface area contributed by atoms with Crippen molar-refractivity contribution in [3.63, 3.8) is 0 Å². The van der Waals surface area contributed by atoms with Crippen LogP contribution < -0.4 is 4.90 Å². The first-order valence-corrected chi connectivity index (χ1v) is 12.0. The smallest absolute Gasteiger partial charge is 0.251 e. The molecule has 2 unspecified atom stereocenters. The number of rotatable bonds is 5. The predicted molar refractivity (Wildman–Crippen MR) is 107 cm³/mol. The molecule has 1 aromatic rings. The normalized spacial score (nSPS) is 28.5. The number of amidine groups is 1. The average molecular weight is 393 g/mol. The van der Waals surface area contributed by atoms with Gasteiger partial charge in [0.15, 0.2) is 15.0 Å². The number of hydrogen-bond acceptors (Lipinski definition) is 4. The van der Waals surface area contributed by atoms with Crippen molar-refractivity contribution in [3.05, 3.63) is 29.8 Å². The number of aryl methyl sites for hydroxylation is 1. The average Bonchev–Trinajstić information content (AvgIpc) is 3.34. The summed E-state index contributed by atoms with van der Waals surface area (Å²) in [7, 11) is -3.02. The van der Waals surface area contributed by atoms with Gasteiger partial charge >= 0.3 is 0 Å². The van der Waals surface area contributed by atoms with Crippen LogP contribution in [0.25, 0.3) is 0 Å². The maximum Gasteiger partial charge on any atom is 0.251 e. The highest BCUT2D eigenvalue weighted by molar-refractivity contribution is 8.16. The number of anilines is 1. The summed E-state index contributed by atoms with van der Waals surface area (Å²) in [6, 6.07) is 8.16. The van der Waals surface area contributed by atoms with Crippen LogP contribution in [-0.4, -0.2) is 42.3 Å². The lowest BCUT2D eigenvalue weighted by molar-refractivity contribution is -0.118. The molecule has 140 valence electrons. The first kappa shape index (κ1) is 18.0. The van der Waals surface area contributed by atoms with Gasteiger partial charge in [-0.05, 0) is 43.4 Å². The molecule has 1 saturated carbocycles. The summed E-state index contributed by atoms with van der Waals surface area (Å²) in [6.07, 6.45) is 5.21. The van der Waals surface area contributed by atoms with E-state index in [2.05, 4.69) is 24.0 Å². The molecule has 5 nitrogen and oxygen atoms in total. The Hall–Kier alpha value is -1.34. The standard InChI is InChI=1S/C19H24N2O3S2/c1-2-3-4-13-5-9-15(10-6-13)21-16-11-26(23,24)12-17(16)25-19(21)20-18(22)14-7-8-14/h5-6,9-10,14,16-17H,2-4,7-8,11-12H2,1H3. The maximum atomic E-state index is 12.2. The summed E-state index contributed by atoms with van der Waals surface area (Å²) in [5, 5.41) is 0.638. The van der Waals surface area contributed by atoms with Gasteiger partial charge in [0.1, 0.15) is 0 Å². The van der Waals surface area contributed by atoms with E-state index in [0.29, 0.717) is 5.17 Å². The Bertz CT molecular complexity index is 829. The minimum atomic E-state index is -3.02. The monoisotopic (exact) mass is 392 g/mol. The second-order valence-corrected chi connectivity index (χ2v) is 10.8. The minimum Gasteiger partial charge on any atom is -0.316 e. The highest BCUT2D eigenvalue weighted by Gasteiger charge is 2.49. The molecule has 7 heteroatoms. The molecule has 26 heavy (non-hydrogen) atoms. The molecule has 2 aliphatic heterocycles. The minimum absolute atomic E-state index is 0.0366. The first-order valence-electron chi connectivity index (χ1n) is 9.34. The van der Waals surface area contributed by atoms with Crippen molar-refractivity contribution in [1.82, 2.24) is 0 Å². The van der Waals surface area contributed by atoms with Gasteiger partial charge in [-0.15, -0.1) is 0 Å². The fourth-order valence-electron chi connectivity index (χ4n) is 3.59. The summed E-state index contributed by atoms with van der Waals surface area (Å²) in [6.45, 7) is 2.18. The van der Waals surface area contributed by atoms with E-state index in [-0.39, 0.29) is 34.6 Å². The van der Waals surface area contributed by atoms with Crippen molar-refractivity contribution in [2.75, 3.05) is 16.4 Å². The van der Waals surface area contributed by atoms with Gasteiger partial charge in [-0.25, -0.2) is 8.42 Å². The van der Waals surface area contributed by atoms with E-state index in [1.54, 1.807) is 0 Å². The molecule has 0 aromatic heterocycles. The first-order chi connectivity index (χ1) is 12.5. The highest BCUT2D eigenvalue weighted by Crippen LogP contribution is 2.41. The Morgan fingerprint density at radius 1 is 1.23 bits per heavy atom. The van der Waals surface area contributed by atoms with E-state index < -0.39 is 9.84 Å². The predicted octanol–water partition coefficient (Wildman–Crippen LogP) is 3.04. The second kappa shape index (κ2) is 7.00. The number of fused-ring (bicyclic) bond motifs is 1. The van der Waals surface area contributed by atoms with E-state index in [1.165, 1.54) is 17.3 Å². The van der Waals surface area contributed by atoms with E-state index >= 15 is 0 Å². The number of amides is 1. The van der Waals surface area contributed by atoms with Crippen molar-refractivity contribution >= 4 is 38.4 Å². The molecule has 2 atom stereocenters. The number of unbranched alkanes of at least 4 members (excludes halogenated alkanes) is 1. The summed E-state index contributed by atoms with van der Waals surface area (Å²) < 4.78 is 24.2. The number of carbonyl (C=O) groups is 1. The van der Waals surface area contributed by atoms with Gasteiger partial charge in [0.25, 0.3) is 5.91 Å². The summed E-state index contributed by atoms with van der Waals surface area (Å²) in [4.78, 5) is 18.6. The van der Waals surface area contributed by atoms with E-state index in [1.807, 2.05) is 17.0 Å². The van der Waals surface area contributed by atoms with Crippen LogP contribution in [0.1, 0.15) is 38.2 Å². The summed E-state index contributed by atoms with van der Waals surface area (Å²) >= 11 is 1.45. The Balaban J connectivity index is 1.62. The highest BCUT2D eigenvalue weighted by atomic mass is 32.2. The van der Waals surface area contributed by atoms with Crippen LogP contribution in [0.4, 0.5) is 5.69 Å². The van der Waals surface area contributed by atoms with Crippen molar-refractivity contribution in [2.24, 2.45) is 10.9 Å². The molecule has 4 rings (SSSR count). The molecule has 1 aromatic carbocycles. The molecular formula is C19H24N2O3S2. The van der Waals surface area contributed by atoms with Crippen LogP contribution in [-0.2, 0) is 21.1 Å². The van der Waals surface area contributed by atoms with Gasteiger partial charge in [-0.1, -0.05) is 37.2 Å². The summed E-state index contributed by atoms with van der Waals surface area (Å²) in [5.74, 6) is 0.327. The number of hydrogen-bond donors (Lipinski definition) is 0. The molecular weight excluding hydrogens is 368 g/mol. The van der Waals surface area contributed by atoms with Gasteiger partial charge in [-0.2, -0.15) is 4.99 Å². The molecule has 0 spiro atoms. The van der Waals surface area contributed by atoms with Gasteiger partial charge in [0.05, 0.1) is 17.5 Å². The van der Waals surface area contributed by atoms with Crippen LogP contribution >= 0.6 is 11.8 Å². The van der Waals surface area contributed by atoms with Crippen molar-refractivity contribution in [2.45, 2.75) is 50.3 Å². The Morgan fingerprint density at radius 2 is 1.96 bits per heavy atom. The molecule has 0 bridgehead atoms. The quantitative estimate of drug-likeness (QED) is 0.770. The number of aliphatic imine (C=N–C) groups is 1. The number of carbonyl (C=O) groups excluding carboxylic acids is 1. The molecule has 3 fully saturated rings. The van der Waals surface area contributed by atoms with E-state index in [0.717, 1.165) is 37.8 Å². The second-order valence-electron chi connectivity index (χ2n) is 7.45. The lowest BCUT2D eigenvalue weighted by Gasteiger charge is -2.24. The van der Waals surface area contributed by atoms with Crippen LogP contribution in [0.15, 0.2) is 29.3 Å². The van der Waals surface area contributed by atoms with Gasteiger partial charge in [0.2, 0.25) is 0 Å². The Kier molecular flexibility index (Phi) is 4.86.